The summed E-state index contributed by atoms with van der Waals surface area (Å²) >= 11 is 0. The Hall–Kier alpha value is -3.78. The SMILES string of the molecule is NCc1cc2c(-c3ccccc3F)ccc(Cn3cnc4c(N)ncnc43)c2[nH]1. The Bertz CT molecular complexity index is 1350. The molecule has 0 unspecified atom stereocenters. The summed E-state index contributed by atoms with van der Waals surface area (Å²) in [5.41, 5.74) is 17.2. The summed E-state index contributed by atoms with van der Waals surface area (Å²) in [6.07, 6.45) is 3.12. The number of rotatable bonds is 4. The lowest BCUT2D eigenvalue weighted by Gasteiger charge is -2.10. The molecule has 0 saturated heterocycles. The van der Waals surface area contributed by atoms with Crippen molar-refractivity contribution in [1.29, 1.82) is 0 Å². The molecule has 29 heavy (non-hydrogen) atoms. The number of benzene rings is 2. The van der Waals surface area contributed by atoms with Gasteiger partial charge in [0.25, 0.3) is 0 Å². The van der Waals surface area contributed by atoms with E-state index in [1.807, 2.05) is 28.8 Å². The molecule has 0 amide bonds. The van der Waals surface area contributed by atoms with Crippen LogP contribution >= 0.6 is 0 Å². The minimum Gasteiger partial charge on any atom is -0.382 e. The van der Waals surface area contributed by atoms with Crippen molar-refractivity contribution in [3.8, 4) is 11.1 Å². The molecule has 0 radical (unpaired) electrons. The molecule has 7 nitrogen and oxygen atoms in total. The first-order valence-electron chi connectivity index (χ1n) is 9.15. The van der Waals surface area contributed by atoms with Gasteiger partial charge in [0.05, 0.1) is 18.4 Å². The Balaban J connectivity index is 1.67. The number of hydrogen-bond donors (Lipinski definition) is 3. The highest BCUT2D eigenvalue weighted by molar-refractivity contribution is 5.97. The van der Waals surface area contributed by atoms with Crippen LogP contribution in [0.15, 0.2) is 55.1 Å². The quantitative estimate of drug-likeness (QED) is 0.438. The molecule has 0 aliphatic carbocycles. The fourth-order valence-corrected chi connectivity index (χ4v) is 3.69. The molecule has 5 aromatic rings. The van der Waals surface area contributed by atoms with Crippen molar-refractivity contribution in [3.05, 3.63) is 72.2 Å². The van der Waals surface area contributed by atoms with E-state index in [1.165, 1.54) is 12.4 Å². The van der Waals surface area contributed by atoms with Crippen molar-refractivity contribution < 1.29 is 4.39 Å². The minimum atomic E-state index is -0.259. The van der Waals surface area contributed by atoms with Crippen molar-refractivity contribution in [1.82, 2.24) is 24.5 Å². The Morgan fingerprint density at radius 3 is 2.72 bits per heavy atom. The lowest BCUT2D eigenvalue weighted by molar-refractivity contribution is 0.631. The van der Waals surface area contributed by atoms with Crippen LogP contribution in [0.3, 0.4) is 0 Å². The van der Waals surface area contributed by atoms with Crippen LogP contribution in [-0.2, 0) is 13.1 Å². The van der Waals surface area contributed by atoms with E-state index >= 15 is 0 Å². The average Bonchev–Trinajstić information content (AvgIpc) is 3.34. The fourth-order valence-electron chi connectivity index (χ4n) is 3.69. The third-order valence-electron chi connectivity index (χ3n) is 5.09. The number of nitrogen functional groups attached to an aromatic ring is 1. The van der Waals surface area contributed by atoms with Crippen LogP contribution in [0.2, 0.25) is 0 Å². The highest BCUT2D eigenvalue weighted by Gasteiger charge is 2.15. The maximum atomic E-state index is 14.4. The van der Waals surface area contributed by atoms with Gasteiger partial charge in [-0.15, -0.1) is 0 Å². The number of nitrogens with zero attached hydrogens (tertiary/aromatic N) is 4. The van der Waals surface area contributed by atoms with Gasteiger partial charge in [0.15, 0.2) is 11.5 Å². The van der Waals surface area contributed by atoms with E-state index in [0.29, 0.717) is 35.6 Å². The molecule has 144 valence electrons. The molecule has 0 saturated carbocycles. The van der Waals surface area contributed by atoms with E-state index in [2.05, 4.69) is 19.9 Å². The summed E-state index contributed by atoms with van der Waals surface area (Å²) in [7, 11) is 0. The number of nitrogens with one attached hydrogen (secondary N) is 1. The molecule has 5 rings (SSSR count). The van der Waals surface area contributed by atoms with Crippen molar-refractivity contribution in [2.45, 2.75) is 13.1 Å². The van der Waals surface area contributed by atoms with Gasteiger partial charge >= 0.3 is 0 Å². The van der Waals surface area contributed by atoms with Gasteiger partial charge in [-0.3, -0.25) is 0 Å². The van der Waals surface area contributed by atoms with E-state index in [9.17, 15) is 4.39 Å². The van der Waals surface area contributed by atoms with Gasteiger partial charge in [-0.25, -0.2) is 19.3 Å². The van der Waals surface area contributed by atoms with Gasteiger partial charge in [-0.05, 0) is 23.3 Å². The Morgan fingerprint density at radius 2 is 1.90 bits per heavy atom. The average molecular weight is 387 g/mol. The van der Waals surface area contributed by atoms with Crippen LogP contribution < -0.4 is 11.5 Å². The zero-order valence-corrected chi connectivity index (χ0v) is 15.4. The van der Waals surface area contributed by atoms with E-state index in [0.717, 1.165) is 27.7 Å². The number of hydrogen-bond acceptors (Lipinski definition) is 5. The predicted octanol–water partition coefficient (Wildman–Crippen LogP) is 3.20. The second-order valence-electron chi connectivity index (χ2n) is 6.84. The topological polar surface area (TPSA) is 111 Å². The van der Waals surface area contributed by atoms with Gasteiger partial charge < -0.3 is 21.0 Å². The molecule has 0 fully saturated rings. The maximum Gasteiger partial charge on any atom is 0.165 e. The van der Waals surface area contributed by atoms with Crippen molar-refractivity contribution >= 4 is 27.9 Å². The summed E-state index contributed by atoms with van der Waals surface area (Å²) < 4.78 is 16.3. The molecule has 0 aliphatic rings. The molecule has 3 heterocycles. The number of nitrogens with two attached hydrogens (primary N) is 2. The summed E-state index contributed by atoms with van der Waals surface area (Å²) in [6.45, 7) is 0.883. The molecule has 2 aromatic carbocycles. The second-order valence-corrected chi connectivity index (χ2v) is 6.84. The summed E-state index contributed by atoms with van der Waals surface area (Å²) in [5.74, 6) is 0.0870. The number of fused-ring (bicyclic) bond motifs is 2. The Labute approximate surface area is 165 Å². The zero-order chi connectivity index (χ0) is 20.0. The molecular weight excluding hydrogens is 369 g/mol. The number of imidazole rings is 1. The smallest absolute Gasteiger partial charge is 0.165 e. The van der Waals surface area contributed by atoms with Crippen LogP contribution in [0.1, 0.15) is 11.3 Å². The van der Waals surface area contributed by atoms with E-state index in [-0.39, 0.29) is 5.82 Å². The van der Waals surface area contributed by atoms with Crippen molar-refractivity contribution in [2.75, 3.05) is 5.73 Å². The van der Waals surface area contributed by atoms with E-state index in [4.69, 9.17) is 11.5 Å². The maximum absolute atomic E-state index is 14.4. The number of aromatic nitrogens is 5. The standard InChI is InChI=1S/C21H18FN7/c22-17-4-2-1-3-15(17)14-6-5-12(18-16(14)7-13(8-23)28-18)9-29-11-27-19-20(24)25-10-26-21(19)29/h1-7,10-11,28H,8-9,23H2,(H2,24,25,26). The first kappa shape index (κ1) is 17.3. The summed E-state index contributed by atoms with van der Waals surface area (Å²) in [4.78, 5) is 16.0. The highest BCUT2D eigenvalue weighted by atomic mass is 19.1. The van der Waals surface area contributed by atoms with Gasteiger partial charge in [-0.2, -0.15) is 0 Å². The van der Waals surface area contributed by atoms with Crippen LogP contribution in [0.4, 0.5) is 10.2 Å². The molecule has 0 aliphatic heterocycles. The lowest BCUT2D eigenvalue weighted by Crippen LogP contribution is -2.02. The first-order chi connectivity index (χ1) is 14.2. The molecule has 0 bridgehead atoms. The molecule has 8 heteroatoms. The largest absolute Gasteiger partial charge is 0.382 e. The Kier molecular flexibility index (Phi) is 3.99. The van der Waals surface area contributed by atoms with Crippen molar-refractivity contribution in [2.24, 2.45) is 5.73 Å². The molecule has 5 N–H and O–H groups in total. The number of H-pyrrole nitrogens is 1. The van der Waals surface area contributed by atoms with Crippen LogP contribution in [0.25, 0.3) is 33.2 Å². The first-order valence-corrected chi connectivity index (χ1v) is 9.15. The highest BCUT2D eigenvalue weighted by Crippen LogP contribution is 2.33. The third kappa shape index (κ3) is 2.81. The van der Waals surface area contributed by atoms with Gasteiger partial charge in [-0.1, -0.05) is 30.3 Å². The van der Waals surface area contributed by atoms with Crippen LogP contribution in [-0.4, -0.2) is 24.5 Å². The van der Waals surface area contributed by atoms with Crippen LogP contribution in [0, 0.1) is 5.82 Å². The monoisotopic (exact) mass is 387 g/mol. The molecule has 0 spiro atoms. The van der Waals surface area contributed by atoms with Gasteiger partial charge in [0, 0.05) is 23.2 Å². The number of anilines is 1. The summed E-state index contributed by atoms with van der Waals surface area (Å²) in [6, 6.07) is 12.7. The molecule has 0 atom stereocenters. The second kappa shape index (κ2) is 6.68. The molecule has 3 aromatic heterocycles. The third-order valence-corrected chi connectivity index (χ3v) is 5.09. The number of halogens is 1. The normalized spacial score (nSPS) is 11.5. The minimum absolute atomic E-state index is 0.259. The number of aromatic amines is 1. The van der Waals surface area contributed by atoms with Crippen molar-refractivity contribution in [3.63, 3.8) is 0 Å². The summed E-state index contributed by atoms with van der Waals surface area (Å²) in [5, 5.41) is 0.923. The molecular formula is C21H18FN7. The van der Waals surface area contributed by atoms with Gasteiger partial charge in [0.1, 0.15) is 17.7 Å². The fraction of sp³-hybridized carbons (Fsp3) is 0.0952. The van der Waals surface area contributed by atoms with Gasteiger partial charge in [0.2, 0.25) is 0 Å². The lowest BCUT2D eigenvalue weighted by atomic mass is 9.98. The Morgan fingerprint density at radius 1 is 1.03 bits per heavy atom. The zero-order valence-electron chi connectivity index (χ0n) is 15.4. The van der Waals surface area contributed by atoms with E-state index < -0.39 is 0 Å². The van der Waals surface area contributed by atoms with E-state index in [1.54, 1.807) is 18.5 Å². The predicted molar refractivity (Wildman–Crippen MR) is 110 cm³/mol. The van der Waals surface area contributed by atoms with Crippen LogP contribution in [0.5, 0.6) is 0 Å².